The predicted octanol–water partition coefficient (Wildman–Crippen LogP) is 2.84. The molecule has 0 spiro atoms. The Balaban J connectivity index is 1.43. The lowest BCUT2D eigenvalue weighted by atomic mass is 9.99. The van der Waals surface area contributed by atoms with Crippen molar-refractivity contribution in [3.63, 3.8) is 0 Å². The Morgan fingerprint density at radius 3 is 2.67 bits per heavy atom. The van der Waals surface area contributed by atoms with Gasteiger partial charge in [-0.1, -0.05) is 17.7 Å². The van der Waals surface area contributed by atoms with Crippen LogP contribution in [0.25, 0.3) is 0 Å². The van der Waals surface area contributed by atoms with Gasteiger partial charge in [-0.25, -0.2) is 0 Å². The molecular formula is C18H28N2O. The van der Waals surface area contributed by atoms with Crippen molar-refractivity contribution in [2.24, 2.45) is 5.92 Å². The maximum Gasteiger partial charge on any atom is 0.119 e. The number of hydrogen-bond donors (Lipinski definition) is 1. The highest BCUT2D eigenvalue weighted by Gasteiger charge is 2.30. The van der Waals surface area contributed by atoms with Gasteiger partial charge in [-0.15, -0.1) is 0 Å². The Kier molecular flexibility index (Phi) is 5.15. The minimum atomic E-state index is 0.805. The standard InChI is InChI=1S/C18H28N2O/c1-15-4-8-18(9-5-15)21-12-11-20(17-6-7-17)14-16-3-2-10-19-13-16/h4-5,8-9,16-17,19H,2-3,6-7,10-14H2,1H3. The molecule has 2 fully saturated rings. The maximum atomic E-state index is 5.90. The zero-order valence-electron chi connectivity index (χ0n) is 13.2. The average molecular weight is 288 g/mol. The first-order valence-electron chi connectivity index (χ1n) is 8.45. The van der Waals surface area contributed by atoms with Gasteiger partial charge in [0.05, 0.1) is 0 Å². The van der Waals surface area contributed by atoms with Crippen molar-refractivity contribution in [3.8, 4) is 5.75 Å². The van der Waals surface area contributed by atoms with Gasteiger partial charge in [0.2, 0.25) is 0 Å². The highest BCUT2D eigenvalue weighted by molar-refractivity contribution is 5.26. The monoisotopic (exact) mass is 288 g/mol. The molecule has 0 radical (unpaired) electrons. The van der Waals surface area contributed by atoms with E-state index in [9.17, 15) is 0 Å². The smallest absolute Gasteiger partial charge is 0.119 e. The molecule has 1 heterocycles. The third-order valence-electron chi connectivity index (χ3n) is 4.62. The molecule has 21 heavy (non-hydrogen) atoms. The Hall–Kier alpha value is -1.06. The van der Waals surface area contributed by atoms with Crippen LogP contribution in [0.3, 0.4) is 0 Å². The first-order valence-corrected chi connectivity index (χ1v) is 8.45. The van der Waals surface area contributed by atoms with Crippen LogP contribution in [0.2, 0.25) is 0 Å². The van der Waals surface area contributed by atoms with Gasteiger partial charge in [0.1, 0.15) is 12.4 Å². The Bertz CT molecular complexity index is 421. The van der Waals surface area contributed by atoms with Gasteiger partial charge in [-0.2, -0.15) is 0 Å². The summed E-state index contributed by atoms with van der Waals surface area (Å²) < 4.78 is 5.90. The van der Waals surface area contributed by atoms with E-state index >= 15 is 0 Å². The summed E-state index contributed by atoms with van der Waals surface area (Å²) in [5, 5.41) is 3.53. The molecule has 0 amide bonds. The first kappa shape index (κ1) is 14.9. The van der Waals surface area contributed by atoms with Gasteiger partial charge in [0.15, 0.2) is 0 Å². The normalized spacial score (nSPS) is 22.5. The molecular weight excluding hydrogens is 260 g/mol. The lowest BCUT2D eigenvalue weighted by Gasteiger charge is -2.30. The highest BCUT2D eigenvalue weighted by atomic mass is 16.5. The third kappa shape index (κ3) is 4.72. The zero-order valence-corrected chi connectivity index (χ0v) is 13.2. The number of piperidine rings is 1. The molecule has 3 heteroatoms. The van der Waals surface area contributed by atoms with Gasteiger partial charge >= 0.3 is 0 Å². The van der Waals surface area contributed by atoms with Gasteiger partial charge < -0.3 is 10.1 Å². The molecule has 2 aliphatic rings. The van der Waals surface area contributed by atoms with E-state index < -0.39 is 0 Å². The quantitative estimate of drug-likeness (QED) is 0.835. The summed E-state index contributed by atoms with van der Waals surface area (Å²) in [4.78, 5) is 2.66. The van der Waals surface area contributed by atoms with Crippen molar-refractivity contribution >= 4 is 0 Å². The van der Waals surface area contributed by atoms with Gasteiger partial charge in [0.25, 0.3) is 0 Å². The largest absolute Gasteiger partial charge is 0.492 e. The van der Waals surface area contributed by atoms with Crippen LogP contribution in [-0.2, 0) is 0 Å². The Morgan fingerprint density at radius 2 is 2.00 bits per heavy atom. The number of hydrogen-bond acceptors (Lipinski definition) is 3. The van der Waals surface area contributed by atoms with E-state index in [4.69, 9.17) is 4.74 Å². The number of rotatable bonds is 7. The van der Waals surface area contributed by atoms with Gasteiger partial charge in [-0.3, -0.25) is 4.90 Å². The van der Waals surface area contributed by atoms with Crippen LogP contribution in [0, 0.1) is 12.8 Å². The van der Waals surface area contributed by atoms with Crippen molar-refractivity contribution in [3.05, 3.63) is 29.8 Å². The number of aryl methyl sites for hydroxylation is 1. The Labute approximate surface area is 128 Å². The SMILES string of the molecule is Cc1ccc(OCCN(CC2CCCNC2)C2CC2)cc1. The molecule has 116 valence electrons. The van der Waals surface area contributed by atoms with Crippen LogP contribution >= 0.6 is 0 Å². The number of nitrogens with one attached hydrogen (secondary N) is 1. The first-order chi connectivity index (χ1) is 10.3. The lowest BCUT2D eigenvalue weighted by molar-refractivity contribution is 0.166. The molecule has 0 aromatic heterocycles. The van der Waals surface area contributed by atoms with E-state index in [1.54, 1.807) is 0 Å². The van der Waals surface area contributed by atoms with Crippen LogP contribution in [0.4, 0.5) is 0 Å². The summed E-state index contributed by atoms with van der Waals surface area (Å²) in [7, 11) is 0. The van der Waals surface area contributed by atoms with E-state index in [0.29, 0.717) is 0 Å². The van der Waals surface area contributed by atoms with E-state index in [1.807, 2.05) is 0 Å². The van der Waals surface area contributed by atoms with Crippen LogP contribution in [0.15, 0.2) is 24.3 Å². The van der Waals surface area contributed by atoms with Crippen LogP contribution in [-0.4, -0.2) is 43.7 Å². The van der Waals surface area contributed by atoms with Crippen molar-refractivity contribution in [2.75, 3.05) is 32.8 Å². The molecule has 1 atom stereocenters. The van der Waals surface area contributed by atoms with E-state index in [0.717, 1.165) is 30.9 Å². The predicted molar refractivity (Wildman–Crippen MR) is 86.9 cm³/mol. The number of nitrogens with zero attached hydrogens (tertiary/aromatic N) is 1. The minimum absolute atomic E-state index is 0.805. The van der Waals surface area contributed by atoms with Gasteiger partial charge in [0, 0.05) is 19.1 Å². The maximum absolute atomic E-state index is 5.90. The topological polar surface area (TPSA) is 24.5 Å². The van der Waals surface area contributed by atoms with Crippen molar-refractivity contribution in [2.45, 2.75) is 38.6 Å². The van der Waals surface area contributed by atoms with E-state index in [1.165, 1.54) is 50.9 Å². The molecule has 1 saturated heterocycles. The number of benzene rings is 1. The number of ether oxygens (including phenoxy) is 1. The molecule has 3 nitrogen and oxygen atoms in total. The molecule has 1 aromatic carbocycles. The summed E-state index contributed by atoms with van der Waals surface area (Å²) in [5.41, 5.74) is 1.28. The molecule has 3 rings (SSSR count). The molecule has 1 saturated carbocycles. The second kappa shape index (κ2) is 7.28. The summed E-state index contributed by atoms with van der Waals surface area (Å²) in [6.45, 7) is 7.62. The molecule has 1 aliphatic carbocycles. The molecule has 1 unspecified atom stereocenters. The second-order valence-corrected chi connectivity index (χ2v) is 6.60. The van der Waals surface area contributed by atoms with Crippen molar-refractivity contribution < 1.29 is 4.74 Å². The zero-order chi connectivity index (χ0) is 14.5. The van der Waals surface area contributed by atoms with Crippen LogP contribution in [0.5, 0.6) is 5.75 Å². The lowest BCUT2D eigenvalue weighted by Crippen LogP contribution is -2.40. The van der Waals surface area contributed by atoms with E-state index in [-0.39, 0.29) is 0 Å². The van der Waals surface area contributed by atoms with Crippen LogP contribution in [0.1, 0.15) is 31.2 Å². The minimum Gasteiger partial charge on any atom is -0.492 e. The molecule has 0 bridgehead atoms. The molecule has 1 N–H and O–H groups in total. The van der Waals surface area contributed by atoms with Gasteiger partial charge in [-0.05, 0) is 63.7 Å². The molecule has 1 aliphatic heterocycles. The van der Waals surface area contributed by atoms with Crippen LogP contribution < -0.4 is 10.1 Å². The highest BCUT2D eigenvalue weighted by Crippen LogP contribution is 2.28. The third-order valence-corrected chi connectivity index (χ3v) is 4.62. The second-order valence-electron chi connectivity index (χ2n) is 6.60. The summed E-state index contributed by atoms with van der Waals surface area (Å²) in [6, 6.07) is 9.20. The fourth-order valence-electron chi connectivity index (χ4n) is 3.19. The van der Waals surface area contributed by atoms with Crippen molar-refractivity contribution in [1.29, 1.82) is 0 Å². The summed E-state index contributed by atoms with van der Waals surface area (Å²) >= 11 is 0. The summed E-state index contributed by atoms with van der Waals surface area (Å²) in [6.07, 6.45) is 5.48. The molecule has 1 aromatic rings. The Morgan fingerprint density at radius 1 is 1.19 bits per heavy atom. The fourth-order valence-corrected chi connectivity index (χ4v) is 3.19. The average Bonchev–Trinajstić information content (AvgIpc) is 3.34. The fraction of sp³-hybridized carbons (Fsp3) is 0.667. The van der Waals surface area contributed by atoms with E-state index in [2.05, 4.69) is 41.4 Å². The summed E-state index contributed by atoms with van der Waals surface area (Å²) in [5.74, 6) is 1.83. The van der Waals surface area contributed by atoms with Crippen molar-refractivity contribution in [1.82, 2.24) is 10.2 Å².